The van der Waals surface area contributed by atoms with Gasteiger partial charge in [0, 0.05) is 31.4 Å². The second kappa shape index (κ2) is 7.31. The van der Waals surface area contributed by atoms with Crippen LogP contribution >= 0.6 is 0 Å². The van der Waals surface area contributed by atoms with E-state index in [1.807, 2.05) is 23.1 Å². The van der Waals surface area contributed by atoms with Crippen molar-refractivity contribution in [1.82, 2.24) is 14.9 Å². The lowest BCUT2D eigenvalue weighted by Crippen LogP contribution is -2.29. The van der Waals surface area contributed by atoms with Gasteiger partial charge in [-0.1, -0.05) is 12.1 Å². The van der Waals surface area contributed by atoms with E-state index in [1.54, 1.807) is 6.20 Å². The van der Waals surface area contributed by atoms with Crippen LogP contribution in [-0.4, -0.2) is 33.9 Å². The zero-order chi connectivity index (χ0) is 16.1. The molecule has 1 aromatic carbocycles. The summed E-state index contributed by atoms with van der Waals surface area (Å²) in [5.74, 6) is 0.440. The molecule has 0 radical (unpaired) electrons. The Morgan fingerprint density at radius 3 is 2.83 bits per heavy atom. The molecule has 1 atom stereocenters. The summed E-state index contributed by atoms with van der Waals surface area (Å²) in [4.78, 5) is 22.3. The van der Waals surface area contributed by atoms with E-state index in [2.05, 4.69) is 9.97 Å². The monoisotopic (exact) mass is 313 g/mol. The molecule has 1 aliphatic heterocycles. The van der Waals surface area contributed by atoms with Gasteiger partial charge >= 0.3 is 0 Å². The molecule has 2 aromatic rings. The topological polar surface area (TPSA) is 46.1 Å². The Morgan fingerprint density at radius 1 is 1.26 bits per heavy atom. The molecule has 1 saturated heterocycles. The van der Waals surface area contributed by atoms with Gasteiger partial charge in [0.15, 0.2) is 0 Å². The maximum absolute atomic E-state index is 12.9. The van der Waals surface area contributed by atoms with E-state index in [9.17, 15) is 9.18 Å². The van der Waals surface area contributed by atoms with E-state index < -0.39 is 0 Å². The van der Waals surface area contributed by atoms with Gasteiger partial charge in [-0.2, -0.15) is 0 Å². The Balaban J connectivity index is 1.47. The van der Waals surface area contributed by atoms with Crippen molar-refractivity contribution < 1.29 is 9.18 Å². The Morgan fingerprint density at radius 2 is 2.09 bits per heavy atom. The highest BCUT2D eigenvalue weighted by atomic mass is 19.1. The SMILES string of the molecule is O=C(CCc1ccncn1)N1CCC(Cc2ccc(F)cc2)C1. The summed E-state index contributed by atoms with van der Waals surface area (Å²) in [7, 11) is 0. The molecule has 1 unspecified atom stereocenters. The maximum atomic E-state index is 12.9. The first-order valence-electron chi connectivity index (χ1n) is 7.98. The number of hydrogen-bond acceptors (Lipinski definition) is 3. The molecule has 3 rings (SSSR count). The standard InChI is InChI=1S/C18H20FN3O/c19-16-3-1-14(2-4-16)11-15-8-10-22(12-15)18(23)6-5-17-7-9-20-13-21-17/h1-4,7,9,13,15H,5-6,8,10-12H2. The van der Waals surface area contributed by atoms with Gasteiger partial charge in [0.2, 0.25) is 5.91 Å². The lowest BCUT2D eigenvalue weighted by molar-refractivity contribution is -0.130. The first kappa shape index (κ1) is 15.6. The summed E-state index contributed by atoms with van der Waals surface area (Å²) in [5, 5.41) is 0. The van der Waals surface area contributed by atoms with Crippen LogP contribution in [0.2, 0.25) is 0 Å². The minimum atomic E-state index is -0.207. The third-order valence-electron chi connectivity index (χ3n) is 4.31. The number of rotatable bonds is 5. The second-order valence-corrected chi connectivity index (χ2v) is 6.03. The van der Waals surface area contributed by atoms with E-state index in [4.69, 9.17) is 0 Å². The molecule has 0 bridgehead atoms. The Hall–Kier alpha value is -2.30. The maximum Gasteiger partial charge on any atom is 0.222 e. The normalized spacial score (nSPS) is 17.4. The largest absolute Gasteiger partial charge is 0.342 e. The van der Waals surface area contributed by atoms with Crippen molar-refractivity contribution in [3.05, 3.63) is 59.9 Å². The molecule has 0 spiro atoms. The van der Waals surface area contributed by atoms with E-state index in [0.717, 1.165) is 37.2 Å². The number of carbonyl (C=O) groups is 1. The van der Waals surface area contributed by atoms with Gasteiger partial charge in [-0.3, -0.25) is 4.79 Å². The van der Waals surface area contributed by atoms with Crippen molar-refractivity contribution in [3.63, 3.8) is 0 Å². The number of carbonyl (C=O) groups excluding carboxylic acids is 1. The summed E-state index contributed by atoms with van der Waals surface area (Å²) in [6.45, 7) is 1.61. The lowest BCUT2D eigenvalue weighted by atomic mass is 9.99. The van der Waals surface area contributed by atoms with Gasteiger partial charge in [0.1, 0.15) is 12.1 Å². The van der Waals surface area contributed by atoms with Gasteiger partial charge in [-0.25, -0.2) is 14.4 Å². The highest BCUT2D eigenvalue weighted by molar-refractivity contribution is 5.76. The molecule has 0 saturated carbocycles. The minimum Gasteiger partial charge on any atom is -0.342 e. The van der Waals surface area contributed by atoms with Crippen LogP contribution in [0, 0.1) is 11.7 Å². The number of aromatic nitrogens is 2. The van der Waals surface area contributed by atoms with Gasteiger partial charge in [-0.15, -0.1) is 0 Å². The van der Waals surface area contributed by atoms with Crippen LogP contribution in [-0.2, 0) is 17.6 Å². The highest BCUT2D eigenvalue weighted by Crippen LogP contribution is 2.22. The molecular weight excluding hydrogens is 293 g/mol. The quantitative estimate of drug-likeness (QED) is 0.852. The molecule has 1 amide bonds. The van der Waals surface area contributed by atoms with E-state index in [1.165, 1.54) is 18.5 Å². The van der Waals surface area contributed by atoms with Gasteiger partial charge in [0.25, 0.3) is 0 Å². The molecule has 1 aliphatic rings. The molecular formula is C18H20FN3O. The second-order valence-electron chi connectivity index (χ2n) is 6.03. The summed E-state index contributed by atoms with van der Waals surface area (Å²) >= 11 is 0. The number of likely N-dealkylation sites (tertiary alicyclic amines) is 1. The molecule has 0 N–H and O–H groups in total. The number of hydrogen-bond donors (Lipinski definition) is 0. The number of amides is 1. The third kappa shape index (κ3) is 4.34. The molecule has 2 heterocycles. The summed E-state index contributed by atoms with van der Waals surface area (Å²) < 4.78 is 12.9. The van der Waals surface area contributed by atoms with Crippen molar-refractivity contribution in [2.45, 2.75) is 25.7 Å². The van der Waals surface area contributed by atoms with E-state index in [0.29, 0.717) is 18.8 Å². The number of benzene rings is 1. The molecule has 0 aliphatic carbocycles. The molecule has 1 aromatic heterocycles. The van der Waals surface area contributed by atoms with Gasteiger partial charge in [0.05, 0.1) is 0 Å². The molecule has 4 nitrogen and oxygen atoms in total. The van der Waals surface area contributed by atoms with Crippen LogP contribution in [0.25, 0.3) is 0 Å². The molecule has 1 fully saturated rings. The Kier molecular flexibility index (Phi) is 4.95. The number of halogens is 1. The molecule has 23 heavy (non-hydrogen) atoms. The Labute approximate surface area is 135 Å². The van der Waals surface area contributed by atoms with E-state index >= 15 is 0 Å². The zero-order valence-electron chi connectivity index (χ0n) is 13.0. The van der Waals surface area contributed by atoms with Crippen molar-refractivity contribution >= 4 is 5.91 Å². The summed E-state index contributed by atoms with van der Waals surface area (Å²) in [5.41, 5.74) is 2.03. The number of nitrogens with zero attached hydrogens (tertiary/aromatic N) is 3. The van der Waals surface area contributed by atoms with Crippen LogP contribution in [0.15, 0.2) is 42.9 Å². The van der Waals surface area contributed by atoms with Crippen molar-refractivity contribution in [2.24, 2.45) is 5.92 Å². The minimum absolute atomic E-state index is 0.185. The summed E-state index contributed by atoms with van der Waals surface area (Å²) in [6.07, 6.45) is 6.25. The lowest BCUT2D eigenvalue weighted by Gasteiger charge is -2.16. The smallest absolute Gasteiger partial charge is 0.222 e. The van der Waals surface area contributed by atoms with E-state index in [-0.39, 0.29) is 11.7 Å². The van der Waals surface area contributed by atoms with Crippen LogP contribution in [0.4, 0.5) is 4.39 Å². The van der Waals surface area contributed by atoms with Crippen LogP contribution in [0.5, 0.6) is 0 Å². The number of aryl methyl sites for hydroxylation is 1. The highest BCUT2D eigenvalue weighted by Gasteiger charge is 2.26. The van der Waals surface area contributed by atoms with Crippen molar-refractivity contribution in [2.75, 3.05) is 13.1 Å². The van der Waals surface area contributed by atoms with Crippen molar-refractivity contribution in [1.29, 1.82) is 0 Å². The van der Waals surface area contributed by atoms with Crippen molar-refractivity contribution in [3.8, 4) is 0 Å². The average Bonchev–Trinajstić information content (AvgIpc) is 3.04. The van der Waals surface area contributed by atoms with Gasteiger partial charge < -0.3 is 4.90 Å². The first-order chi connectivity index (χ1) is 11.2. The first-order valence-corrected chi connectivity index (χ1v) is 7.98. The van der Waals surface area contributed by atoms with Gasteiger partial charge in [-0.05, 0) is 48.9 Å². The fourth-order valence-electron chi connectivity index (χ4n) is 3.04. The van der Waals surface area contributed by atoms with Crippen LogP contribution in [0.1, 0.15) is 24.1 Å². The fraction of sp³-hybridized carbons (Fsp3) is 0.389. The average molecular weight is 313 g/mol. The molecule has 5 heteroatoms. The Bertz CT molecular complexity index is 645. The zero-order valence-corrected chi connectivity index (χ0v) is 13.0. The molecule has 120 valence electrons. The summed E-state index contributed by atoms with van der Waals surface area (Å²) in [6, 6.07) is 8.49. The predicted molar refractivity (Wildman–Crippen MR) is 85.1 cm³/mol. The van der Waals surface area contributed by atoms with Crippen LogP contribution < -0.4 is 0 Å². The third-order valence-corrected chi connectivity index (χ3v) is 4.31. The predicted octanol–water partition coefficient (Wildman–Crippen LogP) is 2.64. The van der Waals surface area contributed by atoms with Crippen LogP contribution in [0.3, 0.4) is 0 Å². The fourth-order valence-corrected chi connectivity index (χ4v) is 3.04.